The molecule has 2 N–H and O–H groups in total. The quantitative estimate of drug-likeness (QED) is 0.673. The van der Waals surface area contributed by atoms with Crippen LogP contribution < -0.4 is 14.8 Å². The second-order valence-electron chi connectivity index (χ2n) is 8.38. The van der Waals surface area contributed by atoms with Gasteiger partial charge in [-0.25, -0.2) is 0 Å². The number of hydrogen-bond donors (Lipinski definition) is 2. The third-order valence-corrected chi connectivity index (χ3v) is 6.03. The molecule has 0 radical (unpaired) electrons. The van der Waals surface area contributed by atoms with Crippen molar-refractivity contribution >= 4 is 0 Å². The van der Waals surface area contributed by atoms with Gasteiger partial charge in [-0.15, -0.1) is 0 Å². The Balaban J connectivity index is 1.49. The van der Waals surface area contributed by atoms with Crippen LogP contribution in [0.1, 0.15) is 63.4 Å². The van der Waals surface area contributed by atoms with Crippen LogP contribution >= 0.6 is 0 Å². The highest BCUT2D eigenvalue weighted by Gasteiger charge is 2.16. The summed E-state index contributed by atoms with van der Waals surface area (Å²) in [6, 6.07) is 6.74. The monoisotopic (exact) mass is 390 g/mol. The van der Waals surface area contributed by atoms with Crippen LogP contribution in [0.2, 0.25) is 0 Å². The van der Waals surface area contributed by atoms with Crippen molar-refractivity contribution < 1.29 is 14.6 Å². The van der Waals surface area contributed by atoms with Crippen LogP contribution in [0.3, 0.4) is 0 Å². The molecule has 1 saturated heterocycles. The zero-order valence-electron chi connectivity index (χ0n) is 17.5. The Bertz CT molecular complexity index is 567. The highest BCUT2D eigenvalue weighted by Crippen LogP contribution is 2.28. The molecule has 0 unspecified atom stereocenters. The summed E-state index contributed by atoms with van der Waals surface area (Å²) < 4.78 is 11.4. The molecule has 1 saturated carbocycles. The van der Waals surface area contributed by atoms with E-state index in [2.05, 4.69) is 16.3 Å². The number of benzene rings is 1. The predicted molar refractivity (Wildman–Crippen MR) is 113 cm³/mol. The molecule has 1 aromatic rings. The summed E-state index contributed by atoms with van der Waals surface area (Å²) >= 11 is 0. The van der Waals surface area contributed by atoms with Gasteiger partial charge in [-0.3, -0.25) is 0 Å². The third kappa shape index (κ3) is 6.94. The number of aliphatic hydroxyl groups is 1. The van der Waals surface area contributed by atoms with E-state index in [1.165, 1.54) is 63.4 Å². The molecule has 1 aromatic carbocycles. The summed E-state index contributed by atoms with van der Waals surface area (Å²) in [4.78, 5) is 2.38. The first-order valence-electron chi connectivity index (χ1n) is 11.2. The molecule has 158 valence electrons. The number of hydrogen-bond acceptors (Lipinski definition) is 5. The Kier molecular flexibility index (Phi) is 8.90. The maximum absolute atomic E-state index is 10.5. The summed E-state index contributed by atoms with van der Waals surface area (Å²) in [5.74, 6) is 1.45. The zero-order valence-corrected chi connectivity index (χ0v) is 17.5. The predicted octanol–water partition coefficient (Wildman–Crippen LogP) is 3.73. The Morgan fingerprint density at radius 1 is 1.04 bits per heavy atom. The highest BCUT2D eigenvalue weighted by atomic mass is 16.5. The maximum Gasteiger partial charge on any atom is 0.161 e. The van der Waals surface area contributed by atoms with Crippen molar-refractivity contribution in [2.75, 3.05) is 33.4 Å². The molecule has 0 amide bonds. The van der Waals surface area contributed by atoms with E-state index in [1.54, 1.807) is 7.11 Å². The van der Waals surface area contributed by atoms with Crippen LogP contribution in [0.15, 0.2) is 18.2 Å². The topological polar surface area (TPSA) is 54.0 Å². The summed E-state index contributed by atoms with van der Waals surface area (Å²) in [6.45, 7) is 4.00. The molecule has 2 fully saturated rings. The van der Waals surface area contributed by atoms with Gasteiger partial charge in [0.05, 0.1) is 7.11 Å². The molecule has 0 bridgehead atoms. The molecule has 1 aliphatic heterocycles. The molecule has 0 aromatic heterocycles. The van der Waals surface area contributed by atoms with Crippen LogP contribution in [-0.4, -0.2) is 55.5 Å². The van der Waals surface area contributed by atoms with Gasteiger partial charge in [0.25, 0.3) is 0 Å². The first-order valence-corrected chi connectivity index (χ1v) is 11.2. The van der Waals surface area contributed by atoms with Crippen molar-refractivity contribution in [1.82, 2.24) is 10.2 Å². The van der Waals surface area contributed by atoms with Crippen molar-refractivity contribution in [3.8, 4) is 11.5 Å². The molecule has 3 rings (SSSR count). The molecule has 1 atom stereocenters. The van der Waals surface area contributed by atoms with Crippen molar-refractivity contribution in [2.24, 2.45) is 0 Å². The van der Waals surface area contributed by atoms with Gasteiger partial charge in [-0.05, 0) is 56.5 Å². The van der Waals surface area contributed by atoms with Gasteiger partial charge in [0.1, 0.15) is 12.7 Å². The van der Waals surface area contributed by atoms with E-state index < -0.39 is 6.10 Å². The van der Waals surface area contributed by atoms with E-state index in [9.17, 15) is 5.11 Å². The molecule has 2 aliphatic rings. The summed E-state index contributed by atoms with van der Waals surface area (Å²) in [5, 5.41) is 14.1. The van der Waals surface area contributed by atoms with Crippen molar-refractivity contribution in [3.05, 3.63) is 23.8 Å². The number of aliphatic hydroxyl groups excluding tert-OH is 1. The number of methoxy groups -OCH3 is 1. The average molecular weight is 391 g/mol. The highest BCUT2D eigenvalue weighted by molar-refractivity contribution is 5.43. The Hall–Kier alpha value is -1.30. The molecule has 5 nitrogen and oxygen atoms in total. The van der Waals surface area contributed by atoms with Gasteiger partial charge in [0.15, 0.2) is 11.5 Å². The van der Waals surface area contributed by atoms with Gasteiger partial charge in [-0.2, -0.15) is 0 Å². The van der Waals surface area contributed by atoms with Crippen molar-refractivity contribution in [1.29, 1.82) is 0 Å². The number of nitrogens with zero attached hydrogens (tertiary/aromatic N) is 1. The SMILES string of the molecule is COc1ccc(CNC2CCCC2)cc1OC[C@@H](O)CN1CCCCCCC1. The second kappa shape index (κ2) is 11.6. The number of β-amino-alcohol motifs (C(OH)–C–C–N with tert-alkyl or cyclic N) is 1. The lowest BCUT2D eigenvalue weighted by atomic mass is 10.1. The first kappa shape index (κ1) is 21.4. The zero-order chi connectivity index (χ0) is 19.6. The van der Waals surface area contributed by atoms with E-state index in [1.807, 2.05) is 12.1 Å². The van der Waals surface area contributed by atoms with E-state index in [4.69, 9.17) is 9.47 Å². The Morgan fingerprint density at radius 2 is 1.75 bits per heavy atom. The lowest BCUT2D eigenvalue weighted by Crippen LogP contribution is -2.37. The molecular formula is C23H38N2O3. The standard InChI is InChI=1S/C23H38N2O3/c1-27-22-12-11-19(16-24-20-9-5-6-10-20)15-23(22)28-18-21(26)17-25-13-7-3-2-4-8-14-25/h11-12,15,20-21,24,26H,2-10,13-14,16-18H2,1H3/t21-/m0/s1. The van der Waals surface area contributed by atoms with Crippen molar-refractivity contribution in [2.45, 2.75) is 76.5 Å². The average Bonchev–Trinajstić information content (AvgIpc) is 3.20. The number of nitrogens with one attached hydrogen (secondary N) is 1. The fourth-order valence-corrected chi connectivity index (χ4v) is 4.37. The minimum absolute atomic E-state index is 0.298. The van der Waals surface area contributed by atoms with Crippen molar-refractivity contribution in [3.63, 3.8) is 0 Å². The van der Waals surface area contributed by atoms with Crippen LogP contribution in [0.25, 0.3) is 0 Å². The van der Waals surface area contributed by atoms with E-state index in [0.29, 0.717) is 19.2 Å². The Morgan fingerprint density at radius 3 is 2.46 bits per heavy atom. The fourth-order valence-electron chi connectivity index (χ4n) is 4.37. The van der Waals surface area contributed by atoms with Crippen LogP contribution in [0.4, 0.5) is 0 Å². The lowest BCUT2D eigenvalue weighted by Gasteiger charge is -2.26. The summed E-state index contributed by atoms with van der Waals surface area (Å²) in [5.41, 5.74) is 1.20. The Labute approximate surface area is 170 Å². The third-order valence-electron chi connectivity index (χ3n) is 6.03. The second-order valence-corrected chi connectivity index (χ2v) is 8.38. The van der Waals surface area contributed by atoms with Crippen LogP contribution in [0.5, 0.6) is 11.5 Å². The van der Waals surface area contributed by atoms with Crippen LogP contribution in [-0.2, 0) is 6.54 Å². The molecule has 1 aliphatic carbocycles. The number of ether oxygens (including phenoxy) is 2. The number of rotatable bonds is 9. The fraction of sp³-hybridized carbons (Fsp3) is 0.739. The van der Waals surface area contributed by atoms with Crippen LogP contribution in [0, 0.1) is 0 Å². The minimum Gasteiger partial charge on any atom is -0.493 e. The van der Waals surface area contributed by atoms with E-state index >= 15 is 0 Å². The van der Waals surface area contributed by atoms with E-state index in [-0.39, 0.29) is 0 Å². The molecular weight excluding hydrogens is 352 g/mol. The summed E-state index contributed by atoms with van der Waals surface area (Å²) in [6.07, 6.45) is 11.2. The minimum atomic E-state index is -0.482. The van der Waals surface area contributed by atoms with E-state index in [0.717, 1.165) is 31.1 Å². The summed E-state index contributed by atoms with van der Waals surface area (Å²) in [7, 11) is 1.66. The molecule has 1 heterocycles. The van der Waals surface area contributed by atoms with Gasteiger partial charge in [-0.1, -0.05) is 38.2 Å². The van der Waals surface area contributed by atoms with Gasteiger partial charge >= 0.3 is 0 Å². The first-order chi connectivity index (χ1) is 13.7. The molecule has 0 spiro atoms. The van der Waals surface area contributed by atoms with Gasteiger partial charge in [0, 0.05) is 19.1 Å². The van der Waals surface area contributed by atoms with Gasteiger partial charge < -0.3 is 24.8 Å². The largest absolute Gasteiger partial charge is 0.493 e. The smallest absolute Gasteiger partial charge is 0.161 e. The number of likely N-dealkylation sites (tertiary alicyclic amines) is 1. The lowest BCUT2D eigenvalue weighted by molar-refractivity contribution is 0.0644. The normalized spacial score (nSPS) is 20.5. The molecule has 5 heteroatoms. The maximum atomic E-state index is 10.5. The van der Waals surface area contributed by atoms with Gasteiger partial charge in [0.2, 0.25) is 0 Å². The molecule has 28 heavy (non-hydrogen) atoms.